The first-order valence-electron chi connectivity index (χ1n) is 6.96. The van der Waals surface area contributed by atoms with Crippen LogP contribution < -0.4 is 4.72 Å². The zero-order valence-electron chi connectivity index (χ0n) is 12.8. The first-order valence-corrected chi connectivity index (χ1v) is 9.64. The number of aromatic nitrogens is 3. The van der Waals surface area contributed by atoms with Gasteiger partial charge in [-0.3, -0.25) is 4.57 Å². The Morgan fingerprint density at radius 2 is 1.84 bits per heavy atom. The van der Waals surface area contributed by atoms with Crippen LogP contribution in [0.5, 0.6) is 0 Å². The Kier molecular flexibility index (Phi) is 4.97. The predicted molar refractivity (Wildman–Crippen MR) is 101 cm³/mol. The third kappa shape index (κ3) is 3.77. The van der Waals surface area contributed by atoms with Crippen LogP contribution in [-0.4, -0.2) is 23.2 Å². The molecule has 1 heterocycles. The standard InChI is InChI=1S/C15H12Cl2N4O2S2/c1-9-6-14(13(24)7-12(9)17)25(22,23)20-15-19-18-8-21(15)11-4-2-10(16)3-5-11/h2-8,24H,1H3,(H,19,20). The Bertz CT molecular complexity index is 1030. The molecule has 0 fully saturated rings. The molecule has 0 aliphatic carbocycles. The number of aryl methyl sites for hydroxylation is 1. The molecule has 130 valence electrons. The van der Waals surface area contributed by atoms with Gasteiger partial charge >= 0.3 is 0 Å². The van der Waals surface area contributed by atoms with Crippen LogP contribution in [0.1, 0.15) is 5.56 Å². The maximum absolute atomic E-state index is 12.7. The van der Waals surface area contributed by atoms with Crippen molar-refractivity contribution in [3.8, 4) is 5.69 Å². The third-order valence-electron chi connectivity index (χ3n) is 3.41. The van der Waals surface area contributed by atoms with Gasteiger partial charge in [0.2, 0.25) is 5.95 Å². The summed E-state index contributed by atoms with van der Waals surface area (Å²) in [6.45, 7) is 1.71. The van der Waals surface area contributed by atoms with E-state index in [1.54, 1.807) is 31.2 Å². The average molecular weight is 415 g/mol. The number of sulfonamides is 1. The summed E-state index contributed by atoms with van der Waals surface area (Å²) >= 11 is 16.1. The Morgan fingerprint density at radius 3 is 2.52 bits per heavy atom. The summed E-state index contributed by atoms with van der Waals surface area (Å²) < 4.78 is 29.3. The monoisotopic (exact) mass is 414 g/mol. The fourth-order valence-corrected chi connectivity index (χ4v) is 4.21. The number of hydrogen-bond donors (Lipinski definition) is 2. The van der Waals surface area contributed by atoms with Crippen molar-refractivity contribution >= 4 is 51.8 Å². The number of anilines is 1. The Labute approximate surface area is 160 Å². The number of benzene rings is 2. The number of nitrogens with zero attached hydrogens (tertiary/aromatic N) is 3. The maximum atomic E-state index is 12.7. The van der Waals surface area contributed by atoms with Gasteiger partial charge in [-0.2, -0.15) is 0 Å². The molecule has 0 atom stereocenters. The lowest BCUT2D eigenvalue weighted by molar-refractivity contribution is 0.598. The topological polar surface area (TPSA) is 76.9 Å². The van der Waals surface area contributed by atoms with Gasteiger partial charge in [-0.25, -0.2) is 13.1 Å². The second-order valence-electron chi connectivity index (χ2n) is 5.18. The van der Waals surface area contributed by atoms with Crippen molar-refractivity contribution in [1.82, 2.24) is 14.8 Å². The highest BCUT2D eigenvalue weighted by Gasteiger charge is 2.21. The molecule has 0 bridgehead atoms. The molecule has 0 saturated heterocycles. The molecule has 0 aliphatic rings. The van der Waals surface area contributed by atoms with Gasteiger partial charge in [-0.15, -0.1) is 22.8 Å². The molecule has 0 radical (unpaired) electrons. The van der Waals surface area contributed by atoms with Gasteiger partial charge < -0.3 is 0 Å². The highest BCUT2D eigenvalue weighted by molar-refractivity contribution is 7.93. The van der Waals surface area contributed by atoms with Crippen molar-refractivity contribution < 1.29 is 8.42 Å². The van der Waals surface area contributed by atoms with E-state index in [2.05, 4.69) is 27.5 Å². The lowest BCUT2D eigenvalue weighted by Gasteiger charge is -2.12. The van der Waals surface area contributed by atoms with E-state index < -0.39 is 10.0 Å². The lowest BCUT2D eigenvalue weighted by atomic mass is 10.2. The fourth-order valence-electron chi connectivity index (χ4n) is 2.13. The van der Waals surface area contributed by atoms with Gasteiger partial charge in [0, 0.05) is 14.9 Å². The zero-order valence-corrected chi connectivity index (χ0v) is 16.0. The van der Waals surface area contributed by atoms with E-state index in [9.17, 15) is 8.42 Å². The average Bonchev–Trinajstić information content (AvgIpc) is 2.99. The third-order valence-corrected chi connectivity index (χ3v) is 5.96. The van der Waals surface area contributed by atoms with Crippen molar-refractivity contribution in [2.24, 2.45) is 0 Å². The first-order chi connectivity index (χ1) is 11.8. The summed E-state index contributed by atoms with van der Waals surface area (Å²) in [5.74, 6) is 0.0441. The second kappa shape index (κ2) is 6.87. The summed E-state index contributed by atoms with van der Waals surface area (Å²) in [5, 5.41) is 8.60. The number of hydrogen-bond acceptors (Lipinski definition) is 5. The predicted octanol–water partition coefficient (Wildman–Crippen LogP) is 3.97. The van der Waals surface area contributed by atoms with Crippen LogP contribution in [-0.2, 0) is 10.0 Å². The summed E-state index contributed by atoms with van der Waals surface area (Å²) in [7, 11) is -3.93. The van der Waals surface area contributed by atoms with Crippen LogP contribution in [0.25, 0.3) is 5.69 Å². The molecule has 0 amide bonds. The molecule has 3 rings (SSSR count). The van der Waals surface area contributed by atoms with Crippen molar-refractivity contribution in [1.29, 1.82) is 0 Å². The molecule has 0 spiro atoms. The summed E-state index contributed by atoms with van der Waals surface area (Å²) in [4.78, 5) is 0.240. The fraction of sp³-hybridized carbons (Fsp3) is 0.0667. The largest absolute Gasteiger partial charge is 0.267 e. The minimum atomic E-state index is -3.93. The van der Waals surface area contributed by atoms with Gasteiger partial charge in [0.1, 0.15) is 11.2 Å². The van der Waals surface area contributed by atoms with E-state index in [4.69, 9.17) is 23.2 Å². The van der Waals surface area contributed by atoms with E-state index >= 15 is 0 Å². The van der Waals surface area contributed by atoms with Gasteiger partial charge in [0.05, 0.1) is 5.69 Å². The van der Waals surface area contributed by atoms with Crippen molar-refractivity contribution in [3.05, 3.63) is 58.3 Å². The van der Waals surface area contributed by atoms with Crippen LogP contribution in [0.4, 0.5) is 5.95 Å². The van der Waals surface area contributed by atoms with E-state index in [1.165, 1.54) is 23.0 Å². The molecule has 0 unspecified atom stereocenters. The normalized spacial score (nSPS) is 11.5. The lowest BCUT2D eigenvalue weighted by Crippen LogP contribution is -2.17. The molecular formula is C15H12Cl2N4O2S2. The number of rotatable bonds is 4. The molecule has 3 aromatic rings. The maximum Gasteiger partial charge on any atom is 0.265 e. The van der Waals surface area contributed by atoms with Crippen molar-refractivity contribution in [2.75, 3.05) is 4.72 Å². The quantitative estimate of drug-likeness (QED) is 0.633. The molecule has 2 aromatic carbocycles. The minimum Gasteiger partial charge on any atom is -0.267 e. The molecule has 1 N–H and O–H groups in total. The number of thiol groups is 1. The van der Waals surface area contributed by atoms with E-state index in [0.29, 0.717) is 21.3 Å². The minimum absolute atomic E-state index is 0.00314. The Balaban J connectivity index is 1.99. The highest BCUT2D eigenvalue weighted by Crippen LogP contribution is 2.28. The van der Waals surface area contributed by atoms with E-state index in [0.717, 1.165) is 0 Å². The van der Waals surface area contributed by atoms with Gasteiger partial charge in [0.15, 0.2) is 0 Å². The van der Waals surface area contributed by atoms with Crippen LogP contribution >= 0.6 is 35.8 Å². The molecule has 25 heavy (non-hydrogen) atoms. The molecule has 0 saturated carbocycles. The highest BCUT2D eigenvalue weighted by atomic mass is 35.5. The molecule has 6 nitrogen and oxygen atoms in total. The van der Waals surface area contributed by atoms with Crippen LogP contribution in [0.15, 0.2) is 52.5 Å². The summed E-state index contributed by atoms with van der Waals surface area (Å²) in [6.07, 6.45) is 1.40. The van der Waals surface area contributed by atoms with Crippen molar-refractivity contribution in [2.45, 2.75) is 16.7 Å². The van der Waals surface area contributed by atoms with Gasteiger partial charge in [-0.1, -0.05) is 23.2 Å². The van der Waals surface area contributed by atoms with Crippen molar-refractivity contribution in [3.63, 3.8) is 0 Å². The van der Waals surface area contributed by atoms with Crippen LogP contribution in [0, 0.1) is 6.92 Å². The Hall–Kier alpha value is -1.74. The summed E-state index contributed by atoms with van der Waals surface area (Å²) in [5.41, 5.74) is 1.28. The molecule has 1 aromatic heterocycles. The van der Waals surface area contributed by atoms with Gasteiger partial charge in [0.25, 0.3) is 10.0 Å². The first kappa shape index (κ1) is 18.1. The van der Waals surface area contributed by atoms with Gasteiger partial charge in [-0.05, 0) is 48.9 Å². The Morgan fingerprint density at radius 1 is 1.16 bits per heavy atom. The smallest absolute Gasteiger partial charge is 0.265 e. The molecular weight excluding hydrogens is 403 g/mol. The summed E-state index contributed by atoms with van der Waals surface area (Å²) in [6, 6.07) is 9.75. The van der Waals surface area contributed by atoms with E-state index in [1.807, 2.05) is 0 Å². The van der Waals surface area contributed by atoms with E-state index in [-0.39, 0.29) is 15.7 Å². The van der Waals surface area contributed by atoms with Crippen LogP contribution in [0.2, 0.25) is 10.0 Å². The second-order valence-corrected chi connectivity index (χ2v) is 8.15. The zero-order chi connectivity index (χ0) is 18.2. The number of nitrogens with one attached hydrogen (secondary N) is 1. The molecule has 10 heteroatoms. The molecule has 0 aliphatic heterocycles. The number of halogens is 2. The SMILES string of the molecule is Cc1cc(S(=O)(=O)Nc2nncn2-c2ccc(Cl)cc2)c(S)cc1Cl. The van der Waals surface area contributed by atoms with Crippen LogP contribution in [0.3, 0.4) is 0 Å².